The maximum absolute atomic E-state index is 13.8. The summed E-state index contributed by atoms with van der Waals surface area (Å²) in [5, 5.41) is 2.94. The number of imidazole rings is 1. The van der Waals surface area contributed by atoms with Gasteiger partial charge in [-0.15, -0.1) is 0 Å². The first-order chi connectivity index (χ1) is 10.9. The Bertz CT molecular complexity index is 856. The molecule has 9 heteroatoms. The first-order valence-corrected chi connectivity index (χ1v) is 6.60. The number of anilines is 1. The molecular formula is C14H11F4N5. The van der Waals surface area contributed by atoms with E-state index in [4.69, 9.17) is 0 Å². The van der Waals surface area contributed by atoms with E-state index in [1.165, 1.54) is 12.1 Å². The minimum absolute atomic E-state index is 0.0928. The molecule has 0 saturated heterocycles. The fourth-order valence-electron chi connectivity index (χ4n) is 2.11. The number of aryl methyl sites for hydroxylation is 1. The average molecular weight is 325 g/mol. The fourth-order valence-corrected chi connectivity index (χ4v) is 2.11. The maximum Gasteiger partial charge on any atom is 0.451 e. The molecule has 0 aliphatic carbocycles. The zero-order valence-electron chi connectivity index (χ0n) is 11.9. The smallest absolute Gasteiger partial charge is 0.362 e. The van der Waals surface area contributed by atoms with Crippen molar-refractivity contribution in [2.24, 2.45) is 7.05 Å². The van der Waals surface area contributed by atoms with Crippen molar-refractivity contribution < 1.29 is 17.6 Å². The summed E-state index contributed by atoms with van der Waals surface area (Å²) in [7, 11) is 1.75. The second-order valence-electron chi connectivity index (χ2n) is 4.84. The van der Waals surface area contributed by atoms with Crippen molar-refractivity contribution in [2.75, 3.05) is 5.32 Å². The summed E-state index contributed by atoms with van der Waals surface area (Å²) in [6.45, 7) is 0.142. The topological polar surface area (TPSA) is 55.6 Å². The molecule has 2 aromatic heterocycles. The Balaban J connectivity index is 2.07. The number of hydrogen-bond donors (Lipinski definition) is 1. The van der Waals surface area contributed by atoms with Crippen molar-refractivity contribution in [3.63, 3.8) is 0 Å². The molecule has 0 bridgehead atoms. The van der Waals surface area contributed by atoms with E-state index in [0.717, 1.165) is 6.07 Å². The highest BCUT2D eigenvalue weighted by Crippen LogP contribution is 2.31. The molecule has 3 rings (SSSR count). The number of fused-ring (bicyclic) bond motifs is 1. The Kier molecular flexibility index (Phi) is 3.63. The van der Waals surface area contributed by atoms with Crippen LogP contribution in [0, 0.1) is 5.82 Å². The van der Waals surface area contributed by atoms with Gasteiger partial charge in [0.2, 0.25) is 5.82 Å². The van der Waals surface area contributed by atoms with E-state index in [0.29, 0.717) is 5.82 Å². The predicted octanol–water partition coefficient (Wildman–Crippen LogP) is 3.13. The van der Waals surface area contributed by atoms with E-state index in [-0.39, 0.29) is 23.3 Å². The number of halogens is 4. The van der Waals surface area contributed by atoms with Crippen molar-refractivity contribution in [2.45, 2.75) is 12.7 Å². The van der Waals surface area contributed by atoms with Crippen LogP contribution < -0.4 is 5.32 Å². The monoisotopic (exact) mass is 325 g/mol. The summed E-state index contributed by atoms with van der Waals surface area (Å²) in [5.74, 6) is -1.72. The van der Waals surface area contributed by atoms with Gasteiger partial charge >= 0.3 is 6.18 Å². The Morgan fingerprint density at radius 2 is 2.00 bits per heavy atom. The van der Waals surface area contributed by atoms with E-state index < -0.39 is 17.8 Å². The van der Waals surface area contributed by atoms with E-state index in [9.17, 15) is 17.6 Å². The molecule has 23 heavy (non-hydrogen) atoms. The molecule has 1 aromatic carbocycles. The third-order valence-electron chi connectivity index (χ3n) is 3.27. The van der Waals surface area contributed by atoms with Crippen LogP contribution in [0.2, 0.25) is 0 Å². The van der Waals surface area contributed by atoms with Gasteiger partial charge in [-0.3, -0.25) is 0 Å². The number of alkyl halides is 3. The highest BCUT2D eigenvalue weighted by Gasteiger charge is 2.36. The first-order valence-electron chi connectivity index (χ1n) is 6.60. The van der Waals surface area contributed by atoms with Crippen LogP contribution >= 0.6 is 0 Å². The largest absolute Gasteiger partial charge is 0.451 e. The molecule has 0 atom stereocenters. The van der Waals surface area contributed by atoms with E-state index >= 15 is 0 Å². The Labute approximate surface area is 128 Å². The number of para-hydroxylation sites is 1. The van der Waals surface area contributed by atoms with Gasteiger partial charge in [0.1, 0.15) is 23.0 Å². The first kappa shape index (κ1) is 15.2. The molecule has 0 unspecified atom stereocenters. The van der Waals surface area contributed by atoms with Gasteiger partial charge in [-0.1, -0.05) is 6.07 Å². The minimum Gasteiger partial charge on any atom is -0.362 e. The third-order valence-corrected chi connectivity index (χ3v) is 3.27. The van der Waals surface area contributed by atoms with Gasteiger partial charge in [-0.05, 0) is 12.1 Å². The van der Waals surface area contributed by atoms with Crippen LogP contribution in [0.3, 0.4) is 0 Å². The summed E-state index contributed by atoms with van der Waals surface area (Å²) in [5.41, 5.74) is -0.378. The van der Waals surface area contributed by atoms with Crippen LogP contribution in [0.4, 0.5) is 23.4 Å². The number of rotatable bonds is 3. The van der Waals surface area contributed by atoms with Crippen LogP contribution in [-0.4, -0.2) is 19.5 Å². The van der Waals surface area contributed by atoms with Crippen LogP contribution in [0.25, 0.3) is 10.9 Å². The van der Waals surface area contributed by atoms with Crippen LogP contribution in [-0.2, 0) is 19.8 Å². The van der Waals surface area contributed by atoms with Crippen molar-refractivity contribution in [1.82, 2.24) is 19.5 Å². The highest BCUT2D eigenvalue weighted by molar-refractivity contribution is 5.89. The zero-order chi connectivity index (χ0) is 16.6. The van der Waals surface area contributed by atoms with Crippen LogP contribution in [0.15, 0.2) is 30.6 Å². The Hall–Kier alpha value is -2.71. The van der Waals surface area contributed by atoms with Gasteiger partial charge in [0, 0.05) is 24.8 Å². The van der Waals surface area contributed by atoms with Crippen molar-refractivity contribution in [1.29, 1.82) is 0 Å². The number of nitrogens with one attached hydrogen (secondary N) is 1. The molecule has 2 heterocycles. The normalized spacial score (nSPS) is 11.9. The molecule has 5 nitrogen and oxygen atoms in total. The molecule has 0 radical (unpaired) electrons. The summed E-state index contributed by atoms with van der Waals surface area (Å²) in [4.78, 5) is 10.8. The van der Waals surface area contributed by atoms with E-state index in [1.807, 2.05) is 0 Å². The van der Waals surface area contributed by atoms with Crippen molar-refractivity contribution in [3.8, 4) is 0 Å². The number of aromatic nitrogens is 4. The summed E-state index contributed by atoms with van der Waals surface area (Å²) in [6, 6.07) is 3.90. The Morgan fingerprint density at radius 1 is 1.22 bits per heavy atom. The molecule has 1 N–H and O–H groups in total. The van der Waals surface area contributed by atoms with Gasteiger partial charge in [0.15, 0.2) is 0 Å². The standard InChI is InChI=1S/C14H11F4N5/c1-23-6-5-19-10(23)7-20-12-8-3-2-4-9(15)11(8)21-13(22-12)14(16,17)18/h2-6H,7H2,1H3,(H,20,21,22). The lowest BCUT2D eigenvalue weighted by Crippen LogP contribution is -2.15. The second kappa shape index (κ2) is 5.49. The lowest BCUT2D eigenvalue weighted by atomic mass is 10.2. The molecule has 120 valence electrons. The molecule has 0 amide bonds. The van der Waals surface area contributed by atoms with Crippen LogP contribution in [0.1, 0.15) is 11.6 Å². The summed E-state index contributed by atoms with van der Waals surface area (Å²) in [6.07, 6.45) is -1.50. The molecular weight excluding hydrogens is 314 g/mol. The van der Waals surface area contributed by atoms with Crippen molar-refractivity contribution >= 4 is 16.7 Å². The highest BCUT2D eigenvalue weighted by atomic mass is 19.4. The number of benzene rings is 1. The quantitative estimate of drug-likeness (QED) is 0.752. The van der Waals surface area contributed by atoms with E-state index in [1.54, 1.807) is 24.0 Å². The molecule has 0 saturated carbocycles. The van der Waals surface area contributed by atoms with Gasteiger partial charge in [0.05, 0.1) is 6.54 Å². The number of nitrogens with zero attached hydrogens (tertiary/aromatic N) is 4. The number of hydrogen-bond acceptors (Lipinski definition) is 4. The molecule has 0 aliphatic heterocycles. The molecule has 0 spiro atoms. The lowest BCUT2D eigenvalue weighted by molar-refractivity contribution is -0.144. The van der Waals surface area contributed by atoms with E-state index in [2.05, 4.69) is 20.3 Å². The summed E-state index contributed by atoms with van der Waals surface area (Å²) < 4.78 is 54.3. The maximum atomic E-state index is 13.8. The van der Waals surface area contributed by atoms with Gasteiger partial charge in [-0.25, -0.2) is 19.3 Å². The lowest BCUT2D eigenvalue weighted by Gasteiger charge is -2.12. The van der Waals surface area contributed by atoms with Crippen LogP contribution in [0.5, 0.6) is 0 Å². The second-order valence-corrected chi connectivity index (χ2v) is 4.84. The van der Waals surface area contributed by atoms with Gasteiger partial charge in [0.25, 0.3) is 0 Å². The zero-order valence-corrected chi connectivity index (χ0v) is 11.9. The molecule has 0 aliphatic rings. The average Bonchev–Trinajstić information content (AvgIpc) is 2.89. The third kappa shape index (κ3) is 2.94. The fraction of sp³-hybridized carbons (Fsp3) is 0.214. The van der Waals surface area contributed by atoms with Crippen molar-refractivity contribution in [3.05, 3.63) is 48.1 Å². The van der Waals surface area contributed by atoms with Gasteiger partial charge < -0.3 is 9.88 Å². The minimum atomic E-state index is -4.77. The Morgan fingerprint density at radius 3 is 2.65 bits per heavy atom. The molecule has 0 fully saturated rings. The predicted molar refractivity (Wildman–Crippen MR) is 75.0 cm³/mol. The summed E-state index contributed by atoms with van der Waals surface area (Å²) >= 11 is 0. The molecule has 3 aromatic rings. The van der Waals surface area contributed by atoms with Gasteiger partial charge in [-0.2, -0.15) is 13.2 Å². The SMILES string of the molecule is Cn1ccnc1CNc1nc(C(F)(F)F)nc2c(F)cccc12.